The summed E-state index contributed by atoms with van der Waals surface area (Å²) in [6.45, 7) is 3.50. The average Bonchev–Trinajstić information content (AvgIpc) is 2.53. The molecule has 1 aromatic carbocycles. The molecule has 2 aromatic rings. The Morgan fingerprint density at radius 2 is 2.00 bits per heavy atom. The van der Waals surface area contributed by atoms with Gasteiger partial charge in [0.05, 0.1) is 13.2 Å². The van der Waals surface area contributed by atoms with Crippen LogP contribution in [0.15, 0.2) is 35.4 Å². The van der Waals surface area contributed by atoms with E-state index in [1.807, 2.05) is 0 Å². The van der Waals surface area contributed by atoms with E-state index in [0.29, 0.717) is 5.82 Å². The third-order valence-corrected chi connectivity index (χ3v) is 4.58. The average molecular weight is 349 g/mol. The lowest BCUT2D eigenvalue weighted by molar-refractivity contribution is 0.0934. The molecule has 1 heterocycles. The second kappa shape index (κ2) is 6.96. The Morgan fingerprint density at radius 1 is 1.29 bits per heavy atom. The summed E-state index contributed by atoms with van der Waals surface area (Å²) in [6.07, 6.45) is 2.64. The molecule has 0 aliphatic heterocycles. The highest BCUT2D eigenvalue weighted by Crippen LogP contribution is 2.27. The maximum absolute atomic E-state index is 12.2. The van der Waals surface area contributed by atoms with E-state index in [0.717, 1.165) is 11.8 Å². The summed E-state index contributed by atoms with van der Waals surface area (Å²) < 4.78 is 28.6. The van der Waals surface area contributed by atoms with E-state index in [4.69, 9.17) is 4.74 Å². The van der Waals surface area contributed by atoms with Crippen molar-refractivity contribution in [3.63, 3.8) is 0 Å². The Morgan fingerprint density at radius 3 is 2.58 bits per heavy atom. The van der Waals surface area contributed by atoms with Gasteiger partial charge in [-0.1, -0.05) is 6.07 Å². The first-order valence-corrected chi connectivity index (χ1v) is 9.10. The van der Waals surface area contributed by atoms with Crippen LogP contribution in [0.25, 0.3) is 0 Å². The first-order valence-electron chi connectivity index (χ1n) is 7.21. The molecule has 0 bridgehead atoms. The van der Waals surface area contributed by atoms with Gasteiger partial charge in [-0.25, -0.2) is 18.4 Å². The van der Waals surface area contributed by atoms with Crippen molar-refractivity contribution >= 4 is 15.7 Å². The zero-order valence-corrected chi connectivity index (χ0v) is 14.7. The first-order chi connectivity index (χ1) is 11.2. The number of aromatic nitrogens is 2. The summed E-state index contributed by atoms with van der Waals surface area (Å²) in [5.41, 5.74) is 0.993. The van der Waals surface area contributed by atoms with E-state index < -0.39 is 9.84 Å². The molecule has 128 valence electrons. The molecule has 1 aromatic heterocycles. The Labute approximate surface area is 141 Å². The van der Waals surface area contributed by atoms with Crippen molar-refractivity contribution in [3.05, 3.63) is 47.5 Å². The molecule has 0 saturated carbocycles. The van der Waals surface area contributed by atoms with Crippen LogP contribution in [0.4, 0.5) is 0 Å². The van der Waals surface area contributed by atoms with Crippen LogP contribution in [-0.4, -0.2) is 37.7 Å². The van der Waals surface area contributed by atoms with Gasteiger partial charge in [-0.15, -0.1) is 0 Å². The lowest BCUT2D eigenvalue weighted by Gasteiger charge is -2.16. The molecule has 2 rings (SSSR count). The Hall–Kier alpha value is -2.48. The second-order valence-electron chi connectivity index (χ2n) is 5.37. The third-order valence-electron chi connectivity index (χ3n) is 3.44. The van der Waals surface area contributed by atoms with E-state index >= 15 is 0 Å². The summed E-state index contributed by atoms with van der Waals surface area (Å²) in [7, 11) is -1.98. The van der Waals surface area contributed by atoms with Crippen molar-refractivity contribution in [1.82, 2.24) is 15.3 Å². The molecule has 0 fully saturated rings. The van der Waals surface area contributed by atoms with Crippen LogP contribution in [-0.2, 0) is 9.84 Å². The Kier molecular flexibility index (Phi) is 5.18. The van der Waals surface area contributed by atoms with Crippen LogP contribution in [0, 0.1) is 6.92 Å². The summed E-state index contributed by atoms with van der Waals surface area (Å²) in [6, 6.07) is 5.90. The van der Waals surface area contributed by atoms with Crippen molar-refractivity contribution in [3.8, 4) is 5.75 Å². The number of hydrogen-bond donors (Lipinski definition) is 1. The summed E-state index contributed by atoms with van der Waals surface area (Å²) >= 11 is 0. The molecule has 0 aliphatic rings. The lowest BCUT2D eigenvalue weighted by atomic mass is 10.1. The minimum absolute atomic E-state index is 0.110. The predicted octanol–water partition coefficient (Wildman–Crippen LogP) is 1.69. The van der Waals surface area contributed by atoms with Gasteiger partial charge in [0, 0.05) is 12.5 Å². The van der Waals surface area contributed by atoms with Gasteiger partial charge < -0.3 is 10.1 Å². The molecule has 1 atom stereocenters. The summed E-state index contributed by atoms with van der Waals surface area (Å²) in [4.78, 5) is 20.4. The molecule has 7 nitrogen and oxygen atoms in total. The highest BCUT2D eigenvalue weighted by Gasteiger charge is 2.18. The van der Waals surface area contributed by atoms with Crippen molar-refractivity contribution < 1.29 is 17.9 Å². The number of sulfone groups is 1. The van der Waals surface area contributed by atoms with Crippen LogP contribution in [0.1, 0.15) is 34.8 Å². The van der Waals surface area contributed by atoms with Gasteiger partial charge in [0.1, 0.15) is 22.2 Å². The number of nitrogens with one attached hydrogen (secondary N) is 1. The van der Waals surface area contributed by atoms with Gasteiger partial charge in [-0.3, -0.25) is 4.79 Å². The molecular formula is C16H19N3O4S. The highest BCUT2D eigenvalue weighted by atomic mass is 32.2. The van der Waals surface area contributed by atoms with Crippen molar-refractivity contribution in [2.75, 3.05) is 13.4 Å². The normalized spacial score (nSPS) is 12.5. The largest absolute Gasteiger partial charge is 0.495 e. The molecule has 1 amide bonds. The number of aryl methyl sites for hydroxylation is 1. The number of benzene rings is 1. The second-order valence-corrected chi connectivity index (χ2v) is 7.35. The third kappa shape index (κ3) is 4.08. The minimum atomic E-state index is -3.39. The molecule has 0 radical (unpaired) electrons. The molecule has 24 heavy (non-hydrogen) atoms. The Balaban J connectivity index is 2.24. The fourth-order valence-corrected chi connectivity index (χ4v) is 3.02. The number of nitrogens with zero attached hydrogens (tertiary/aromatic N) is 2. The number of ether oxygens (including phenoxy) is 1. The van der Waals surface area contributed by atoms with E-state index in [1.54, 1.807) is 26.0 Å². The van der Waals surface area contributed by atoms with Crippen LogP contribution >= 0.6 is 0 Å². The highest BCUT2D eigenvalue weighted by molar-refractivity contribution is 7.90. The van der Waals surface area contributed by atoms with E-state index in [9.17, 15) is 13.2 Å². The van der Waals surface area contributed by atoms with Crippen LogP contribution in [0.5, 0.6) is 5.75 Å². The zero-order valence-electron chi connectivity index (χ0n) is 13.9. The topological polar surface area (TPSA) is 98.2 Å². The Bertz CT molecular complexity index is 865. The van der Waals surface area contributed by atoms with Crippen molar-refractivity contribution in [1.29, 1.82) is 0 Å². The monoisotopic (exact) mass is 349 g/mol. The molecule has 1 N–H and O–H groups in total. The molecule has 0 saturated heterocycles. The van der Waals surface area contributed by atoms with Gasteiger partial charge in [0.25, 0.3) is 5.91 Å². The molecule has 8 heteroatoms. The van der Waals surface area contributed by atoms with Gasteiger partial charge >= 0.3 is 0 Å². The zero-order chi connectivity index (χ0) is 17.9. The van der Waals surface area contributed by atoms with E-state index in [-0.39, 0.29) is 28.3 Å². The van der Waals surface area contributed by atoms with Crippen LogP contribution in [0.3, 0.4) is 0 Å². The molecule has 0 aliphatic carbocycles. The maximum Gasteiger partial charge on any atom is 0.270 e. The molecular weight excluding hydrogens is 330 g/mol. The van der Waals surface area contributed by atoms with Crippen molar-refractivity contribution in [2.24, 2.45) is 0 Å². The fraction of sp³-hybridized carbons (Fsp3) is 0.312. The van der Waals surface area contributed by atoms with Crippen LogP contribution < -0.4 is 10.1 Å². The number of carbonyl (C=O) groups excluding carboxylic acids is 1. The first kappa shape index (κ1) is 17.9. The van der Waals surface area contributed by atoms with Gasteiger partial charge in [0.2, 0.25) is 0 Å². The summed E-state index contributed by atoms with van der Waals surface area (Å²) in [5.74, 6) is 0.419. The number of amides is 1. The lowest BCUT2D eigenvalue weighted by Crippen LogP contribution is -2.27. The van der Waals surface area contributed by atoms with Crippen molar-refractivity contribution in [2.45, 2.75) is 24.8 Å². The summed E-state index contributed by atoms with van der Waals surface area (Å²) in [5, 5.41) is 2.81. The quantitative estimate of drug-likeness (QED) is 0.882. The van der Waals surface area contributed by atoms with Gasteiger partial charge in [0.15, 0.2) is 9.84 Å². The van der Waals surface area contributed by atoms with Crippen LogP contribution in [0.2, 0.25) is 0 Å². The van der Waals surface area contributed by atoms with E-state index in [2.05, 4.69) is 15.3 Å². The maximum atomic E-state index is 12.2. The van der Waals surface area contributed by atoms with Gasteiger partial charge in [-0.05, 0) is 37.6 Å². The number of carbonyl (C=O) groups is 1. The standard InChI is InChI=1S/C16H19N3O4S/c1-10(18-16(20)13-7-8-17-11(2)19-13)12-5-6-15(24(4,21)22)14(9-12)23-3/h5-10H,1-4H3,(H,18,20). The number of rotatable bonds is 5. The number of hydrogen-bond acceptors (Lipinski definition) is 6. The smallest absolute Gasteiger partial charge is 0.270 e. The predicted molar refractivity (Wildman–Crippen MR) is 88.8 cm³/mol. The fourth-order valence-electron chi connectivity index (χ4n) is 2.20. The van der Waals surface area contributed by atoms with E-state index in [1.165, 1.54) is 25.4 Å². The molecule has 1 unspecified atom stereocenters. The minimum Gasteiger partial charge on any atom is -0.495 e. The number of methoxy groups -OCH3 is 1. The SMILES string of the molecule is COc1cc(C(C)NC(=O)c2ccnc(C)n2)ccc1S(C)(=O)=O. The van der Waals surface area contributed by atoms with Gasteiger partial charge in [-0.2, -0.15) is 0 Å². The molecule has 0 spiro atoms.